The molecule has 9 atom stereocenters. The molecule has 0 unspecified atom stereocenters. The van der Waals surface area contributed by atoms with Crippen molar-refractivity contribution in [1.82, 2.24) is 0 Å². The first kappa shape index (κ1) is 16.3. The van der Waals surface area contributed by atoms with Gasteiger partial charge in [0.05, 0.1) is 6.10 Å². The number of hydrogen-bond donors (Lipinski definition) is 0. The highest BCUT2D eigenvalue weighted by atomic mass is 16.6. The van der Waals surface area contributed by atoms with E-state index >= 15 is 0 Å². The number of ether oxygens (including phenoxy) is 2. The molecular formula is C21H30O4. The Morgan fingerprint density at radius 3 is 2.68 bits per heavy atom. The van der Waals surface area contributed by atoms with Crippen LogP contribution in [0, 0.1) is 34.5 Å². The molecular weight excluding hydrogens is 316 g/mol. The Hall–Kier alpha value is -0.900. The highest BCUT2D eigenvalue weighted by Gasteiger charge is 2.69. The van der Waals surface area contributed by atoms with E-state index in [2.05, 4.69) is 13.8 Å². The molecule has 0 aromatic carbocycles. The van der Waals surface area contributed by atoms with Crippen LogP contribution in [0.5, 0.6) is 0 Å². The summed E-state index contributed by atoms with van der Waals surface area (Å²) in [4.78, 5) is 23.7. The van der Waals surface area contributed by atoms with Crippen LogP contribution >= 0.6 is 0 Å². The zero-order chi connectivity index (χ0) is 17.6. The van der Waals surface area contributed by atoms with Crippen molar-refractivity contribution < 1.29 is 19.1 Å². The predicted octanol–water partition coefficient (Wildman–Crippen LogP) is 3.52. The Labute approximate surface area is 150 Å². The van der Waals surface area contributed by atoms with E-state index in [0.717, 1.165) is 19.3 Å². The molecule has 0 bridgehead atoms. The monoisotopic (exact) mass is 346 g/mol. The number of carbonyl (C=O) groups excluding carboxylic acids is 2. The maximum atomic E-state index is 12.2. The number of Topliss-reactive ketones (excluding diaryl/α,β-unsaturated/α-hetero) is 1. The molecule has 5 rings (SSSR count). The van der Waals surface area contributed by atoms with Gasteiger partial charge >= 0.3 is 5.97 Å². The van der Waals surface area contributed by atoms with E-state index in [1.165, 1.54) is 32.6 Å². The minimum Gasteiger partial charge on any atom is -0.462 e. The summed E-state index contributed by atoms with van der Waals surface area (Å²) >= 11 is 0. The van der Waals surface area contributed by atoms with Gasteiger partial charge in [0.1, 0.15) is 12.2 Å². The van der Waals surface area contributed by atoms with E-state index in [-0.39, 0.29) is 35.1 Å². The van der Waals surface area contributed by atoms with Crippen molar-refractivity contribution in [3.63, 3.8) is 0 Å². The first-order valence-electron chi connectivity index (χ1n) is 10.2. The molecule has 4 aliphatic carbocycles. The minimum absolute atomic E-state index is 0.0920. The second-order valence-electron chi connectivity index (χ2n) is 9.88. The third-order valence-corrected chi connectivity index (χ3v) is 9.05. The van der Waals surface area contributed by atoms with Gasteiger partial charge < -0.3 is 9.47 Å². The van der Waals surface area contributed by atoms with Gasteiger partial charge in [-0.2, -0.15) is 0 Å². The lowest BCUT2D eigenvalue weighted by Gasteiger charge is -2.59. The lowest BCUT2D eigenvalue weighted by atomic mass is 9.45. The van der Waals surface area contributed by atoms with Gasteiger partial charge in [0.15, 0.2) is 5.78 Å². The number of esters is 1. The van der Waals surface area contributed by atoms with Gasteiger partial charge in [0, 0.05) is 24.2 Å². The fourth-order valence-electron chi connectivity index (χ4n) is 7.77. The van der Waals surface area contributed by atoms with Gasteiger partial charge in [-0.1, -0.05) is 13.8 Å². The van der Waals surface area contributed by atoms with Gasteiger partial charge in [-0.3, -0.25) is 9.59 Å². The zero-order valence-electron chi connectivity index (χ0n) is 15.6. The normalized spacial score (nSPS) is 56.3. The summed E-state index contributed by atoms with van der Waals surface area (Å²) in [6.45, 7) is 6.33. The van der Waals surface area contributed by atoms with Crippen LogP contribution in [0.3, 0.4) is 0 Å². The fourth-order valence-corrected chi connectivity index (χ4v) is 7.77. The van der Waals surface area contributed by atoms with Gasteiger partial charge in [-0.05, 0) is 62.2 Å². The van der Waals surface area contributed by atoms with Crippen molar-refractivity contribution in [2.75, 3.05) is 0 Å². The molecule has 1 aliphatic heterocycles. The number of fused-ring (bicyclic) bond motifs is 7. The Morgan fingerprint density at radius 1 is 1.12 bits per heavy atom. The molecule has 1 saturated heterocycles. The Kier molecular flexibility index (Phi) is 3.31. The lowest BCUT2D eigenvalue weighted by molar-refractivity contribution is -0.161. The van der Waals surface area contributed by atoms with Crippen LogP contribution < -0.4 is 0 Å². The third-order valence-electron chi connectivity index (χ3n) is 9.05. The molecule has 5 fully saturated rings. The van der Waals surface area contributed by atoms with Crippen LogP contribution in [0.15, 0.2) is 0 Å². The highest BCUT2D eigenvalue weighted by Crippen LogP contribution is 2.68. The Morgan fingerprint density at radius 2 is 1.92 bits per heavy atom. The molecule has 4 nitrogen and oxygen atoms in total. The van der Waals surface area contributed by atoms with E-state index in [1.54, 1.807) is 0 Å². The number of epoxide rings is 1. The number of rotatable bonds is 1. The molecule has 0 aromatic heterocycles. The summed E-state index contributed by atoms with van der Waals surface area (Å²) in [6, 6.07) is 0. The van der Waals surface area contributed by atoms with Gasteiger partial charge in [0.25, 0.3) is 0 Å². The van der Waals surface area contributed by atoms with Gasteiger partial charge in [-0.15, -0.1) is 0 Å². The van der Waals surface area contributed by atoms with Crippen molar-refractivity contribution in [2.24, 2.45) is 34.5 Å². The SMILES string of the molecule is CC(=O)O[C@H]1CC[C@H]2[C@@H]3CC[C@H]4CC(=O)[C@@H]5O[C@@H]5[C@]4(C)[C@H]3CC[C@]12C. The Bertz CT molecular complexity index is 629. The van der Waals surface area contributed by atoms with Crippen LogP contribution in [-0.2, 0) is 19.1 Å². The molecule has 25 heavy (non-hydrogen) atoms. The van der Waals surface area contributed by atoms with Crippen LogP contribution in [-0.4, -0.2) is 30.1 Å². The summed E-state index contributed by atoms with van der Waals surface area (Å²) in [5, 5.41) is 0. The number of hydrogen-bond acceptors (Lipinski definition) is 4. The van der Waals surface area contributed by atoms with Crippen molar-refractivity contribution in [1.29, 1.82) is 0 Å². The standard InChI is InChI=1S/C21H30O4/c1-11(22)24-17-7-6-14-13-5-4-12-10-16(23)18-19(25-18)21(12,3)15(13)8-9-20(14,17)2/h12-15,17-19H,4-10H2,1-3H3/t12-,13-,14-,15-,17-,18-,19-,20-,21-/m0/s1. The molecule has 5 aliphatic rings. The quantitative estimate of drug-likeness (QED) is 0.538. The average molecular weight is 346 g/mol. The van der Waals surface area contributed by atoms with Crippen molar-refractivity contribution in [3.05, 3.63) is 0 Å². The Balaban J connectivity index is 1.44. The van der Waals surface area contributed by atoms with Crippen LogP contribution in [0.4, 0.5) is 0 Å². The number of carbonyl (C=O) groups is 2. The van der Waals surface area contributed by atoms with Crippen molar-refractivity contribution >= 4 is 11.8 Å². The van der Waals surface area contributed by atoms with Crippen LogP contribution in [0.25, 0.3) is 0 Å². The predicted molar refractivity (Wildman–Crippen MR) is 91.7 cm³/mol. The maximum absolute atomic E-state index is 12.2. The number of ketones is 1. The first-order valence-corrected chi connectivity index (χ1v) is 10.2. The van der Waals surface area contributed by atoms with Crippen LogP contribution in [0.2, 0.25) is 0 Å². The van der Waals surface area contributed by atoms with E-state index < -0.39 is 0 Å². The van der Waals surface area contributed by atoms with Gasteiger partial charge in [0.2, 0.25) is 0 Å². The maximum Gasteiger partial charge on any atom is 0.302 e. The summed E-state index contributed by atoms with van der Waals surface area (Å²) in [5.74, 6) is 2.76. The zero-order valence-corrected chi connectivity index (χ0v) is 15.6. The summed E-state index contributed by atoms with van der Waals surface area (Å²) in [6.07, 6.45) is 7.87. The molecule has 0 spiro atoms. The molecule has 0 radical (unpaired) electrons. The molecule has 0 amide bonds. The molecule has 4 heteroatoms. The first-order chi connectivity index (χ1) is 11.9. The second kappa shape index (κ2) is 5.09. The van der Waals surface area contributed by atoms with Gasteiger partial charge in [-0.25, -0.2) is 0 Å². The van der Waals surface area contributed by atoms with E-state index in [9.17, 15) is 9.59 Å². The summed E-state index contributed by atoms with van der Waals surface area (Å²) in [7, 11) is 0. The topological polar surface area (TPSA) is 55.9 Å². The molecule has 1 heterocycles. The van der Waals surface area contributed by atoms with Crippen LogP contribution in [0.1, 0.15) is 65.7 Å². The molecule has 0 aromatic rings. The fraction of sp³-hybridized carbons (Fsp3) is 0.905. The van der Waals surface area contributed by atoms with Crippen molar-refractivity contribution in [2.45, 2.75) is 84.0 Å². The van der Waals surface area contributed by atoms with E-state index in [1.807, 2.05) is 0 Å². The lowest BCUT2D eigenvalue weighted by Crippen LogP contribution is -2.57. The molecule has 4 saturated carbocycles. The molecule has 138 valence electrons. The van der Waals surface area contributed by atoms with E-state index in [4.69, 9.17) is 9.47 Å². The minimum atomic E-state index is -0.135. The second-order valence-corrected chi connectivity index (χ2v) is 9.88. The summed E-state index contributed by atoms with van der Waals surface area (Å²) in [5.41, 5.74) is 0.326. The smallest absolute Gasteiger partial charge is 0.302 e. The van der Waals surface area contributed by atoms with Crippen molar-refractivity contribution in [3.8, 4) is 0 Å². The average Bonchev–Trinajstić information content (AvgIpc) is 3.30. The molecule has 0 N–H and O–H groups in total. The van der Waals surface area contributed by atoms with E-state index in [0.29, 0.717) is 29.5 Å². The summed E-state index contributed by atoms with van der Waals surface area (Å²) < 4.78 is 11.6. The third kappa shape index (κ3) is 2.03. The largest absolute Gasteiger partial charge is 0.462 e. The highest BCUT2D eigenvalue weighted by molar-refractivity contribution is 5.87.